The van der Waals surface area contributed by atoms with E-state index in [2.05, 4.69) is 4.74 Å². The van der Waals surface area contributed by atoms with Crippen molar-refractivity contribution < 1.29 is 58.5 Å². The molecule has 15 heteroatoms. The molecule has 0 aromatic carbocycles. The third kappa shape index (κ3) is 5.82. The van der Waals surface area contributed by atoms with E-state index in [1.54, 1.807) is 0 Å². The van der Waals surface area contributed by atoms with E-state index in [0.717, 1.165) is 13.8 Å². The average Bonchev–Trinajstić information content (AvgIpc) is 2.68. The summed E-state index contributed by atoms with van der Waals surface area (Å²) >= 11 is 0. The number of halogens is 2. The van der Waals surface area contributed by atoms with E-state index in [0.29, 0.717) is 0 Å². The first kappa shape index (κ1) is 27.0. The summed E-state index contributed by atoms with van der Waals surface area (Å²) < 4.78 is 34.0. The molecule has 0 bridgehead atoms. The molecule has 180 valence electrons. The van der Waals surface area contributed by atoms with Crippen molar-refractivity contribution in [3.05, 3.63) is 0 Å². The third-order valence-corrected chi connectivity index (χ3v) is 4.78. The van der Waals surface area contributed by atoms with Crippen molar-refractivity contribution in [3.63, 3.8) is 0 Å². The van der Waals surface area contributed by atoms with Crippen molar-refractivity contribution in [1.82, 2.24) is 10.6 Å². The molecule has 1 heterocycles. The summed E-state index contributed by atoms with van der Waals surface area (Å²) in [5, 5.41) is 61.2. The number of carboxylic acid groups (broad SMARTS) is 1. The number of nitrogens with two attached hydrogens (primary N) is 1. The molecule has 13 nitrogen and oxygen atoms in total. The number of carboxylic acids is 1. The first-order valence-corrected chi connectivity index (χ1v) is 9.11. The summed E-state index contributed by atoms with van der Waals surface area (Å²) in [5.41, 5.74) is 5.41. The molecule has 1 rings (SSSR count). The summed E-state index contributed by atoms with van der Waals surface area (Å²) in [6.45, 7) is 1.21. The van der Waals surface area contributed by atoms with Gasteiger partial charge in [-0.05, 0) is 13.8 Å². The Bertz CT molecular complexity index is 682. The maximum absolute atomic E-state index is 14.7. The number of ether oxygens (including phenoxy) is 1. The van der Waals surface area contributed by atoms with Crippen molar-refractivity contribution >= 4 is 17.8 Å². The molecule has 10 N–H and O–H groups in total. The second kappa shape index (κ2) is 10.1. The number of carbonyl (C=O) groups is 3. The van der Waals surface area contributed by atoms with Crippen LogP contribution >= 0.6 is 0 Å². The molecule has 1 aliphatic rings. The van der Waals surface area contributed by atoms with Crippen LogP contribution in [0.15, 0.2) is 0 Å². The minimum atomic E-state index is -4.47. The number of aliphatic hydroxyl groups excluding tert-OH is 4. The van der Waals surface area contributed by atoms with Gasteiger partial charge in [-0.25, -0.2) is 8.78 Å². The Morgan fingerprint density at radius 1 is 1.10 bits per heavy atom. The van der Waals surface area contributed by atoms with E-state index < -0.39 is 85.1 Å². The van der Waals surface area contributed by atoms with E-state index in [-0.39, 0.29) is 0 Å². The molecule has 31 heavy (non-hydrogen) atoms. The summed E-state index contributed by atoms with van der Waals surface area (Å²) in [5.74, 6) is -11.8. The second-order valence-corrected chi connectivity index (χ2v) is 7.28. The monoisotopic (exact) mass is 459 g/mol. The lowest BCUT2D eigenvalue weighted by Crippen LogP contribution is -2.72. The lowest BCUT2D eigenvalue weighted by molar-refractivity contribution is -0.412. The van der Waals surface area contributed by atoms with Gasteiger partial charge in [0.25, 0.3) is 5.79 Å². The zero-order chi connectivity index (χ0) is 24.3. The molecule has 1 unspecified atom stereocenters. The minimum Gasteiger partial charge on any atom is -0.480 e. The highest BCUT2D eigenvalue weighted by molar-refractivity contribution is 5.91. The molecule has 8 atom stereocenters. The number of aliphatic carboxylic acids is 1. The van der Waals surface area contributed by atoms with Crippen LogP contribution in [0.3, 0.4) is 0 Å². The van der Waals surface area contributed by atoms with Gasteiger partial charge in [0.2, 0.25) is 11.8 Å². The normalized spacial score (nSPS) is 31.9. The van der Waals surface area contributed by atoms with Crippen molar-refractivity contribution in [2.75, 3.05) is 6.61 Å². The van der Waals surface area contributed by atoms with Gasteiger partial charge in [-0.1, -0.05) is 0 Å². The molecule has 1 aliphatic heterocycles. The van der Waals surface area contributed by atoms with Crippen molar-refractivity contribution in [2.45, 2.75) is 74.5 Å². The van der Waals surface area contributed by atoms with Crippen LogP contribution in [0.2, 0.25) is 0 Å². The molecule has 0 aromatic rings. The van der Waals surface area contributed by atoms with E-state index in [1.165, 1.54) is 0 Å². The Kier molecular flexibility index (Phi) is 8.78. The number of carbonyl (C=O) groups excluding carboxylic acids is 2. The number of aliphatic hydroxyl groups is 5. The maximum Gasteiger partial charge on any atom is 0.325 e. The van der Waals surface area contributed by atoms with E-state index >= 15 is 0 Å². The topological polar surface area (TPSA) is 232 Å². The number of alkyl halides is 2. The van der Waals surface area contributed by atoms with Gasteiger partial charge in [-0.2, -0.15) is 0 Å². The predicted octanol–water partition coefficient (Wildman–Crippen LogP) is -4.40. The van der Waals surface area contributed by atoms with Crippen molar-refractivity contribution in [2.24, 2.45) is 5.73 Å². The highest BCUT2D eigenvalue weighted by atomic mass is 19.3. The molecule has 0 spiro atoms. The smallest absolute Gasteiger partial charge is 0.325 e. The van der Waals surface area contributed by atoms with Crippen LogP contribution in [0.1, 0.15) is 20.3 Å². The van der Waals surface area contributed by atoms with Gasteiger partial charge >= 0.3 is 11.9 Å². The van der Waals surface area contributed by atoms with Gasteiger partial charge in [-0.3, -0.25) is 14.4 Å². The second-order valence-electron chi connectivity index (χ2n) is 7.28. The highest BCUT2D eigenvalue weighted by Crippen LogP contribution is 2.42. The van der Waals surface area contributed by atoms with Crippen LogP contribution in [0.25, 0.3) is 0 Å². The van der Waals surface area contributed by atoms with Gasteiger partial charge in [0.1, 0.15) is 36.5 Å². The third-order valence-electron chi connectivity index (χ3n) is 4.78. The molecule has 0 radical (unpaired) electrons. The van der Waals surface area contributed by atoms with E-state index in [9.17, 15) is 43.6 Å². The SMILES string of the molecule is C[C@H](NC(=O)[C@H](C)NC(=O)C(N)CC(F)(F)[C@]1(O)O[C@H](CO)[C@H](O)[C@H](O)[C@H]1O)C(=O)O. The van der Waals surface area contributed by atoms with Gasteiger partial charge in [0.15, 0.2) is 0 Å². The average molecular weight is 459 g/mol. The Morgan fingerprint density at radius 3 is 2.10 bits per heavy atom. The van der Waals surface area contributed by atoms with Gasteiger partial charge < -0.3 is 51.7 Å². The van der Waals surface area contributed by atoms with Crippen molar-refractivity contribution in [3.8, 4) is 0 Å². The zero-order valence-electron chi connectivity index (χ0n) is 16.6. The fourth-order valence-corrected chi connectivity index (χ4v) is 2.76. The summed E-state index contributed by atoms with van der Waals surface area (Å²) in [6.07, 6.45) is -10.5. The summed E-state index contributed by atoms with van der Waals surface area (Å²) in [7, 11) is 0. The molecule has 1 fully saturated rings. The fraction of sp³-hybridized carbons (Fsp3) is 0.812. The lowest BCUT2D eigenvalue weighted by atomic mass is 9.86. The molecular weight excluding hydrogens is 432 g/mol. The number of hydrogen-bond acceptors (Lipinski definition) is 10. The summed E-state index contributed by atoms with van der Waals surface area (Å²) in [4.78, 5) is 34.6. The maximum atomic E-state index is 14.7. The molecule has 0 aromatic heterocycles. The molecule has 0 saturated carbocycles. The quantitative estimate of drug-likeness (QED) is 0.160. The Morgan fingerprint density at radius 2 is 1.61 bits per heavy atom. The van der Waals surface area contributed by atoms with Crippen LogP contribution in [-0.4, -0.2) is 109 Å². The lowest BCUT2D eigenvalue weighted by Gasteiger charge is -2.48. The van der Waals surface area contributed by atoms with Crippen LogP contribution < -0.4 is 16.4 Å². The number of nitrogens with one attached hydrogen (secondary N) is 2. The number of amides is 2. The zero-order valence-corrected chi connectivity index (χ0v) is 16.6. The van der Waals surface area contributed by atoms with E-state index in [1.807, 2.05) is 10.6 Å². The Labute approximate surface area is 174 Å². The largest absolute Gasteiger partial charge is 0.480 e. The Balaban J connectivity index is 2.86. The minimum absolute atomic E-state index is 0.935. The molecular formula is C16H27F2N3O10. The van der Waals surface area contributed by atoms with Crippen molar-refractivity contribution in [1.29, 1.82) is 0 Å². The first-order valence-electron chi connectivity index (χ1n) is 9.11. The van der Waals surface area contributed by atoms with Crippen LogP contribution in [0, 0.1) is 0 Å². The summed E-state index contributed by atoms with van der Waals surface area (Å²) in [6, 6.07) is -4.70. The Hall–Kier alpha value is -2.01. The standard InChI is InChI=1S/C16H27F2N3O10/c1-5(12(26)21-6(2)14(28)29)20-13(27)7(19)3-15(17,18)16(30)11(25)10(24)9(23)8(4-22)31-16/h5-11,22-25,30H,3-4,19H2,1-2H3,(H,20,27)(H,21,26)(H,28,29)/t5-,6-,7?,8+,9-,10-,11+,16+/m0/s1. The van der Waals surface area contributed by atoms with Gasteiger partial charge in [0.05, 0.1) is 12.6 Å². The van der Waals surface area contributed by atoms with Crippen LogP contribution in [-0.2, 0) is 19.1 Å². The number of rotatable bonds is 9. The predicted molar refractivity (Wildman–Crippen MR) is 95.3 cm³/mol. The van der Waals surface area contributed by atoms with E-state index in [4.69, 9.17) is 15.9 Å². The highest BCUT2D eigenvalue weighted by Gasteiger charge is 2.66. The van der Waals surface area contributed by atoms with Crippen LogP contribution in [0.5, 0.6) is 0 Å². The van der Waals surface area contributed by atoms with Gasteiger partial charge in [0, 0.05) is 6.42 Å². The molecule has 2 amide bonds. The number of hydrogen-bond donors (Lipinski definition) is 9. The molecule has 0 aliphatic carbocycles. The fourth-order valence-electron chi connectivity index (χ4n) is 2.76. The molecule has 1 saturated heterocycles. The first-order chi connectivity index (χ1) is 14.1. The van der Waals surface area contributed by atoms with Crippen LogP contribution in [0.4, 0.5) is 8.78 Å². The van der Waals surface area contributed by atoms with Gasteiger partial charge in [-0.15, -0.1) is 0 Å².